The topological polar surface area (TPSA) is 84.2 Å². The van der Waals surface area contributed by atoms with Crippen LogP contribution in [0.15, 0.2) is 43.0 Å². The minimum atomic E-state index is -0.600. The van der Waals surface area contributed by atoms with E-state index >= 15 is 0 Å². The highest BCUT2D eigenvalue weighted by Gasteiger charge is 2.30. The number of ketones is 1. The molecule has 0 radical (unpaired) electrons. The average molecular weight is 299 g/mol. The van der Waals surface area contributed by atoms with Gasteiger partial charge in [0.15, 0.2) is 0 Å². The molecule has 1 saturated carbocycles. The summed E-state index contributed by atoms with van der Waals surface area (Å²) < 4.78 is 2.07. The van der Waals surface area contributed by atoms with Crippen molar-refractivity contribution in [3.05, 3.63) is 48.5 Å². The highest BCUT2D eigenvalue weighted by atomic mass is 16.3. The lowest BCUT2D eigenvalue weighted by Gasteiger charge is -2.36. The molecular formula is C16H17N3O3. The monoisotopic (exact) mass is 299 g/mol. The first-order chi connectivity index (χ1) is 10.6. The van der Waals surface area contributed by atoms with E-state index in [4.69, 9.17) is 0 Å². The summed E-state index contributed by atoms with van der Waals surface area (Å²) in [6, 6.07) is 6.10. The molecule has 0 atom stereocenters. The third-order valence-electron chi connectivity index (χ3n) is 4.04. The molecule has 0 bridgehead atoms. The van der Waals surface area contributed by atoms with Gasteiger partial charge in [0.05, 0.1) is 6.33 Å². The van der Waals surface area contributed by atoms with Gasteiger partial charge in [0.25, 0.3) is 5.91 Å². The summed E-state index contributed by atoms with van der Waals surface area (Å²) in [6.07, 6.45) is 7.45. The van der Waals surface area contributed by atoms with Crippen LogP contribution < -0.4 is 5.32 Å². The van der Waals surface area contributed by atoms with Crippen molar-refractivity contribution in [2.75, 3.05) is 6.54 Å². The Morgan fingerprint density at radius 3 is 2.64 bits per heavy atom. The van der Waals surface area contributed by atoms with Crippen molar-refractivity contribution in [2.45, 2.75) is 18.9 Å². The van der Waals surface area contributed by atoms with Gasteiger partial charge >= 0.3 is 0 Å². The Bertz CT molecular complexity index is 658. The molecule has 1 fully saturated rings. The molecule has 22 heavy (non-hydrogen) atoms. The van der Waals surface area contributed by atoms with Gasteiger partial charge < -0.3 is 15.0 Å². The van der Waals surface area contributed by atoms with E-state index in [0.717, 1.165) is 12.8 Å². The minimum Gasteiger partial charge on any atom is -0.508 e. The van der Waals surface area contributed by atoms with Crippen molar-refractivity contribution in [3.8, 4) is 5.75 Å². The number of hydrogen-bond acceptors (Lipinski definition) is 4. The molecule has 1 heterocycles. The highest BCUT2D eigenvalue weighted by molar-refractivity contribution is 6.42. The van der Waals surface area contributed by atoms with Crippen LogP contribution in [0.5, 0.6) is 5.75 Å². The Morgan fingerprint density at radius 2 is 2.00 bits per heavy atom. The zero-order valence-electron chi connectivity index (χ0n) is 12.0. The average Bonchev–Trinajstić information content (AvgIpc) is 2.99. The summed E-state index contributed by atoms with van der Waals surface area (Å²) in [4.78, 5) is 27.8. The predicted molar refractivity (Wildman–Crippen MR) is 79.4 cm³/mol. The predicted octanol–water partition coefficient (Wildman–Crippen LogP) is 1.54. The molecular weight excluding hydrogens is 282 g/mol. The van der Waals surface area contributed by atoms with Gasteiger partial charge in [-0.3, -0.25) is 9.59 Å². The molecule has 1 amide bonds. The fourth-order valence-electron chi connectivity index (χ4n) is 2.66. The molecule has 114 valence electrons. The van der Waals surface area contributed by atoms with Crippen LogP contribution in [-0.4, -0.2) is 32.9 Å². The third-order valence-corrected chi connectivity index (χ3v) is 4.04. The Balaban J connectivity index is 1.45. The Kier molecular flexibility index (Phi) is 3.91. The van der Waals surface area contributed by atoms with Crippen molar-refractivity contribution < 1.29 is 14.7 Å². The fraction of sp³-hybridized carbons (Fsp3) is 0.312. The summed E-state index contributed by atoms with van der Waals surface area (Å²) in [5.74, 6) is -0.719. The fourth-order valence-corrected chi connectivity index (χ4v) is 2.66. The van der Waals surface area contributed by atoms with Gasteiger partial charge in [0.1, 0.15) is 5.75 Å². The number of hydrogen-bond donors (Lipinski definition) is 2. The second kappa shape index (κ2) is 6.01. The first kappa shape index (κ1) is 14.3. The van der Waals surface area contributed by atoms with E-state index in [1.807, 2.05) is 6.20 Å². The van der Waals surface area contributed by atoms with E-state index in [-0.39, 0.29) is 11.3 Å². The number of rotatable bonds is 5. The quantitative estimate of drug-likeness (QED) is 0.648. The van der Waals surface area contributed by atoms with Gasteiger partial charge in [0, 0.05) is 30.5 Å². The van der Waals surface area contributed by atoms with E-state index in [9.17, 15) is 14.7 Å². The molecule has 6 nitrogen and oxygen atoms in total. The number of phenolic OH excluding ortho intramolecular Hbond substituents is 1. The lowest BCUT2D eigenvalue weighted by atomic mass is 9.80. The third kappa shape index (κ3) is 3.00. The van der Waals surface area contributed by atoms with Crippen LogP contribution in [0.4, 0.5) is 0 Å². The smallest absolute Gasteiger partial charge is 0.292 e. The van der Waals surface area contributed by atoms with E-state index in [2.05, 4.69) is 14.9 Å². The number of nitrogens with zero attached hydrogens (tertiary/aromatic N) is 2. The van der Waals surface area contributed by atoms with E-state index < -0.39 is 11.7 Å². The van der Waals surface area contributed by atoms with Crippen molar-refractivity contribution >= 4 is 11.7 Å². The highest BCUT2D eigenvalue weighted by Crippen LogP contribution is 2.36. The van der Waals surface area contributed by atoms with Crippen LogP contribution in [0.1, 0.15) is 29.2 Å². The summed E-state index contributed by atoms with van der Waals surface area (Å²) in [7, 11) is 0. The van der Waals surface area contributed by atoms with Crippen LogP contribution in [-0.2, 0) is 4.79 Å². The molecule has 2 N–H and O–H groups in total. The minimum absolute atomic E-state index is 0.0666. The molecule has 1 aliphatic rings. The van der Waals surface area contributed by atoms with Crippen LogP contribution in [0.2, 0.25) is 0 Å². The summed E-state index contributed by atoms with van der Waals surface area (Å²) >= 11 is 0. The first-order valence-corrected chi connectivity index (χ1v) is 7.22. The number of carbonyl (C=O) groups excluding carboxylic acids is 2. The zero-order valence-corrected chi connectivity index (χ0v) is 12.0. The molecule has 1 aliphatic carbocycles. The number of carbonyl (C=O) groups is 2. The second-order valence-corrected chi connectivity index (χ2v) is 5.59. The summed E-state index contributed by atoms with van der Waals surface area (Å²) in [6.45, 7) is 0.508. The van der Waals surface area contributed by atoms with Gasteiger partial charge in [-0.15, -0.1) is 0 Å². The zero-order chi connectivity index (χ0) is 15.5. The summed E-state index contributed by atoms with van der Waals surface area (Å²) in [5.41, 5.74) is 0.278. The normalized spacial score (nSPS) is 20.2. The van der Waals surface area contributed by atoms with Crippen molar-refractivity contribution in [1.82, 2.24) is 14.9 Å². The first-order valence-electron chi connectivity index (χ1n) is 7.22. The molecule has 3 rings (SSSR count). The lowest BCUT2D eigenvalue weighted by molar-refractivity contribution is -0.117. The number of nitrogens with one attached hydrogen (secondary N) is 1. The van der Waals surface area contributed by atoms with E-state index in [0.29, 0.717) is 18.5 Å². The second-order valence-electron chi connectivity index (χ2n) is 5.59. The Morgan fingerprint density at radius 1 is 1.27 bits per heavy atom. The molecule has 0 unspecified atom stereocenters. The van der Waals surface area contributed by atoms with Gasteiger partial charge in [-0.05, 0) is 43.0 Å². The summed E-state index contributed by atoms with van der Waals surface area (Å²) in [5, 5.41) is 11.9. The number of Topliss-reactive ketones (excluding diaryl/α,β-unsaturated/α-hetero) is 1. The number of aromatic nitrogens is 2. The number of amides is 1. The van der Waals surface area contributed by atoms with Crippen LogP contribution in [0.3, 0.4) is 0 Å². The maximum absolute atomic E-state index is 11.9. The van der Waals surface area contributed by atoms with Gasteiger partial charge in [-0.2, -0.15) is 0 Å². The van der Waals surface area contributed by atoms with Gasteiger partial charge in [0.2, 0.25) is 5.78 Å². The molecule has 0 saturated heterocycles. The Labute approximate surface area is 127 Å². The van der Waals surface area contributed by atoms with Gasteiger partial charge in [-0.1, -0.05) is 0 Å². The van der Waals surface area contributed by atoms with Crippen molar-refractivity contribution in [2.24, 2.45) is 5.92 Å². The molecule has 2 aromatic rings. The van der Waals surface area contributed by atoms with Crippen LogP contribution >= 0.6 is 0 Å². The van der Waals surface area contributed by atoms with Crippen LogP contribution in [0, 0.1) is 5.92 Å². The number of phenols is 1. The standard InChI is InChI=1S/C16H17N3O3/c20-14-3-1-12(2-4-14)15(21)16(22)18-9-11-7-13(8-11)19-6-5-17-10-19/h1-6,10-11,13,20H,7-9H2,(H,18,22). The largest absolute Gasteiger partial charge is 0.508 e. The number of benzene rings is 1. The van der Waals surface area contributed by atoms with Crippen molar-refractivity contribution in [3.63, 3.8) is 0 Å². The molecule has 1 aromatic carbocycles. The molecule has 6 heteroatoms. The molecule has 1 aromatic heterocycles. The van der Waals surface area contributed by atoms with E-state index in [1.165, 1.54) is 24.3 Å². The lowest BCUT2D eigenvalue weighted by Crippen LogP contribution is -2.39. The SMILES string of the molecule is O=C(NCC1CC(n2ccnc2)C1)C(=O)c1ccc(O)cc1. The molecule has 0 spiro atoms. The van der Waals surface area contributed by atoms with E-state index in [1.54, 1.807) is 12.5 Å². The van der Waals surface area contributed by atoms with Crippen molar-refractivity contribution in [1.29, 1.82) is 0 Å². The van der Waals surface area contributed by atoms with Gasteiger partial charge in [-0.25, -0.2) is 4.98 Å². The maximum atomic E-state index is 11.9. The Hall–Kier alpha value is -2.63. The number of aromatic hydroxyl groups is 1. The van der Waals surface area contributed by atoms with Crippen LogP contribution in [0.25, 0.3) is 0 Å². The number of imidazole rings is 1. The molecule has 0 aliphatic heterocycles. The maximum Gasteiger partial charge on any atom is 0.292 e.